The highest BCUT2D eigenvalue weighted by Gasteiger charge is 2.53. The highest BCUT2D eigenvalue weighted by Crippen LogP contribution is 2.33. The molecule has 0 saturated carbocycles. The predicted molar refractivity (Wildman–Crippen MR) is 111 cm³/mol. The molecular weight excluding hydrogens is 422 g/mol. The number of piperazine rings is 1. The Morgan fingerprint density at radius 2 is 1.84 bits per heavy atom. The number of hydrogen-bond acceptors (Lipinski definition) is 7. The molecule has 1 N–H and O–H groups in total. The highest BCUT2D eigenvalue weighted by atomic mass is 32.2. The van der Waals surface area contributed by atoms with Crippen molar-refractivity contribution in [1.82, 2.24) is 24.4 Å². The van der Waals surface area contributed by atoms with E-state index in [0.717, 1.165) is 13.1 Å². The summed E-state index contributed by atoms with van der Waals surface area (Å²) >= 11 is 0. The third-order valence-corrected chi connectivity index (χ3v) is 7.91. The molecule has 4 rings (SSSR count). The molecule has 10 nitrogen and oxygen atoms in total. The van der Waals surface area contributed by atoms with Crippen molar-refractivity contribution in [3.63, 3.8) is 0 Å². The Bertz CT molecular complexity index is 948. The number of nitrogens with one attached hydrogen (secondary N) is 1. The van der Waals surface area contributed by atoms with E-state index in [1.165, 1.54) is 15.4 Å². The Balaban J connectivity index is 1.38. The van der Waals surface area contributed by atoms with E-state index in [1.807, 2.05) is 0 Å². The van der Waals surface area contributed by atoms with Crippen LogP contribution in [0.1, 0.15) is 25.0 Å². The van der Waals surface area contributed by atoms with E-state index in [4.69, 9.17) is 0 Å². The van der Waals surface area contributed by atoms with E-state index >= 15 is 0 Å². The van der Waals surface area contributed by atoms with Crippen LogP contribution in [-0.2, 0) is 30.2 Å². The second-order valence-corrected chi connectivity index (χ2v) is 10.0. The minimum absolute atomic E-state index is 0.0277. The first-order valence-electron chi connectivity index (χ1n) is 10.6. The lowest BCUT2D eigenvalue weighted by Gasteiger charge is -2.28. The molecule has 2 atom stereocenters. The van der Waals surface area contributed by atoms with Gasteiger partial charge in [0.2, 0.25) is 21.8 Å². The summed E-state index contributed by atoms with van der Waals surface area (Å²) in [6, 6.07) is 3.74. The van der Waals surface area contributed by atoms with Gasteiger partial charge in [0.25, 0.3) is 0 Å². The number of amides is 2. The Labute approximate surface area is 181 Å². The minimum Gasteiger partial charge on any atom is -0.340 e. The Morgan fingerprint density at radius 1 is 1.10 bits per heavy atom. The molecule has 0 bridgehead atoms. The second-order valence-electron chi connectivity index (χ2n) is 8.11. The number of sulfonamides is 1. The van der Waals surface area contributed by atoms with Gasteiger partial charge < -0.3 is 15.1 Å². The molecule has 3 aliphatic heterocycles. The van der Waals surface area contributed by atoms with Crippen molar-refractivity contribution in [2.24, 2.45) is 0 Å². The topological polar surface area (TPSA) is 120 Å². The molecule has 2 amide bonds. The third-order valence-electron chi connectivity index (χ3n) is 6.13. The van der Waals surface area contributed by atoms with Crippen LogP contribution in [0.5, 0.6) is 0 Å². The van der Waals surface area contributed by atoms with Crippen LogP contribution in [0.3, 0.4) is 0 Å². The molecule has 2 unspecified atom stereocenters. The average molecular weight is 450 g/mol. The maximum absolute atomic E-state index is 12.9. The largest absolute Gasteiger partial charge is 0.340 e. The molecule has 1 aromatic rings. The smallest absolute Gasteiger partial charge is 0.223 e. The maximum Gasteiger partial charge on any atom is 0.223 e. The molecule has 31 heavy (non-hydrogen) atoms. The highest BCUT2D eigenvalue weighted by molar-refractivity contribution is 7.88. The van der Waals surface area contributed by atoms with Crippen LogP contribution in [0.15, 0.2) is 24.4 Å². The first kappa shape index (κ1) is 21.8. The van der Waals surface area contributed by atoms with Crippen molar-refractivity contribution >= 4 is 27.6 Å². The molecule has 3 fully saturated rings. The molecule has 0 radical (unpaired) electrons. The lowest BCUT2D eigenvalue weighted by Crippen LogP contribution is -2.47. The molecule has 3 saturated heterocycles. The van der Waals surface area contributed by atoms with E-state index in [2.05, 4.69) is 10.3 Å². The van der Waals surface area contributed by atoms with Crippen molar-refractivity contribution < 1.29 is 22.8 Å². The molecule has 0 aromatic carbocycles. The average Bonchev–Trinajstić information content (AvgIpc) is 3.34. The third kappa shape index (κ3) is 4.63. The number of carbonyl (C=O) groups excluding carboxylic acids is 3. The summed E-state index contributed by atoms with van der Waals surface area (Å²) in [4.78, 5) is 45.1. The van der Waals surface area contributed by atoms with Gasteiger partial charge in [-0.3, -0.25) is 19.4 Å². The Kier molecular flexibility index (Phi) is 6.35. The fraction of sp³-hybridized carbons (Fsp3) is 0.600. The van der Waals surface area contributed by atoms with E-state index in [-0.39, 0.29) is 42.7 Å². The number of Topliss-reactive ketones (excluding diaryl/α,β-unsaturated/α-hetero) is 1. The van der Waals surface area contributed by atoms with Crippen molar-refractivity contribution in [3.8, 4) is 0 Å². The number of pyridine rings is 1. The number of hydrogen-bond donors (Lipinski definition) is 1. The number of ketones is 1. The van der Waals surface area contributed by atoms with Crippen molar-refractivity contribution in [3.05, 3.63) is 30.1 Å². The molecular formula is C20H27N5O5S. The second kappa shape index (κ2) is 9.01. The van der Waals surface area contributed by atoms with Crippen LogP contribution < -0.4 is 5.32 Å². The fourth-order valence-electron chi connectivity index (χ4n) is 4.60. The molecule has 1 aromatic heterocycles. The molecule has 3 aliphatic rings. The number of aromatic nitrogens is 1. The summed E-state index contributed by atoms with van der Waals surface area (Å²) in [6.07, 6.45) is 2.07. The Hall–Kier alpha value is -2.37. The summed E-state index contributed by atoms with van der Waals surface area (Å²) in [7, 11) is -3.74. The van der Waals surface area contributed by atoms with E-state index in [0.29, 0.717) is 31.7 Å². The first-order valence-corrected chi connectivity index (χ1v) is 12.2. The van der Waals surface area contributed by atoms with Crippen LogP contribution in [-0.4, -0.2) is 96.5 Å². The summed E-state index contributed by atoms with van der Waals surface area (Å²) in [5.74, 6) is -0.887. The van der Waals surface area contributed by atoms with E-state index in [9.17, 15) is 22.8 Å². The lowest BCUT2D eigenvalue weighted by molar-refractivity contribution is -0.139. The van der Waals surface area contributed by atoms with Crippen LogP contribution in [0.2, 0.25) is 0 Å². The van der Waals surface area contributed by atoms with Gasteiger partial charge in [-0.25, -0.2) is 8.42 Å². The quantitative estimate of drug-likeness (QED) is 0.590. The Morgan fingerprint density at radius 3 is 2.55 bits per heavy atom. The minimum atomic E-state index is -3.74. The van der Waals surface area contributed by atoms with Crippen molar-refractivity contribution in [2.75, 3.05) is 39.3 Å². The summed E-state index contributed by atoms with van der Waals surface area (Å²) in [5, 5.41) is 3.18. The van der Waals surface area contributed by atoms with Gasteiger partial charge >= 0.3 is 0 Å². The zero-order valence-corrected chi connectivity index (χ0v) is 18.1. The fourth-order valence-corrected chi connectivity index (χ4v) is 6.27. The van der Waals surface area contributed by atoms with Gasteiger partial charge in [0, 0.05) is 51.8 Å². The summed E-state index contributed by atoms with van der Waals surface area (Å²) < 4.78 is 27.1. The van der Waals surface area contributed by atoms with Gasteiger partial charge in [-0.05, 0) is 18.6 Å². The van der Waals surface area contributed by atoms with Gasteiger partial charge in [-0.1, -0.05) is 6.07 Å². The predicted octanol–water partition coefficient (Wildman–Crippen LogP) is -1.02. The summed E-state index contributed by atoms with van der Waals surface area (Å²) in [5.41, 5.74) is 0.413. The van der Waals surface area contributed by atoms with Crippen LogP contribution in [0.25, 0.3) is 0 Å². The molecule has 11 heteroatoms. The number of fused-ring (bicyclic) bond motifs is 1. The zero-order chi connectivity index (χ0) is 22.0. The number of likely N-dealkylation sites (tertiary alicyclic amines) is 1. The van der Waals surface area contributed by atoms with Gasteiger partial charge in [0.05, 0.1) is 18.3 Å². The number of carbonyl (C=O) groups is 3. The van der Waals surface area contributed by atoms with Crippen LogP contribution in [0.4, 0.5) is 0 Å². The normalized spacial score (nSPS) is 24.5. The number of nitrogens with zero attached hydrogens (tertiary/aromatic N) is 4. The van der Waals surface area contributed by atoms with Crippen molar-refractivity contribution in [1.29, 1.82) is 0 Å². The zero-order valence-electron chi connectivity index (χ0n) is 17.3. The van der Waals surface area contributed by atoms with Crippen LogP contribution in [0, 0.1) is 0 Å². The summed E-state index contributed by atoms with van der Waals surface area (Å²) in [6.45, 7) is 2.83. The van der Waals surface area contributed by atoms with E-state index < -0.39 is 22.1 Å². The van der Waals surface area contributed by atoms with Gasteiger partial charge in [-0.15, -0.1) is 0 Å². The number of rotatable bonds is 6. The van der Waals surface area contributed by atoms with Crippen molar-refractivity contribution in [2.45, 2.75) is 37.1 Å². The lowest BCUT2D eigenvalue weighted by atomic mass is 10.1. The molecule has 0 aliphatic carbocycles. The molecule has 4 heterocycles. The monoisotopic (exact) mass is 449 g/mol. The van der Waals surface area contributed by atoms with E-state index in [1.54, 1.807) is 23.1 Å². The van der Waals surface area contributed by atoms with Crippen LogP contribution >= 0.6 is 0 Å². The SMILES string of the molecule is O=C1CN(S(=O)(=O)Cc2ccccn2)C2CCN(C(=O)CCC(=O)N3CCNCC3)C12. The standard InChI is InChI=1S/C20H27N5O5S/c26-17-13-25(31(29,30)14-15-3-1-2-7-22-15)16-6-10-24(20(16)17)19(28)5-4-18(27)23-11-8-21-9-12-23/h1-3,7,16,20-21H,4-6,8-14H2. The molecule has 0 spiro atoms. The first-order chi connectivity index (χ1) is 14.9. The molecule has 168 valence electrons. The van der Waals surface area contributed by atoms with Gasteiger partial charge in [0.15, 0.2) is 5.78 Å². The van der Waals surface area contributed by atoms with Gasteiger partial charge in [0.1, 0.15) is 11.8 Å². The maximum atomic E-state index is 12.9. The van der Waals surface area contributed by atoms with Gasteiger partial charge in [-0.2, -0.15) is 4.31 Å².